The molecule has 0 saturated carbocycles. The third-order valence-corrected chi connectivity index (χ3v) is 6.83. The van der Waals surface area contributed by atoms with Gasteiger partial charge in [0, 0.05) is 13.0 Å². The number of hydrogen-bond acceptors (Lipinski definition) is 6. The van der Waals surface area contributed by atoms with Crippen LogP contribution in [-0.2, 0) is 9.59 Å². The van der Waals surface area contributed by atoms with Crippen LogP contribution < -0.4 is 10.6 Å². The molecule has 0 bridgehead atoms. The molecule has 178 valence electrons. The fraction of sp³-hybridized carbons (Fsp3) is 0.478. The Bertz CT molecular complexity index is 1010. The molecule has 1 aromatic carbocycles. The first-order valence-corrected chi connectivity index (χ1v) is 11.7. The molecular weight excluding hydrogens is 444 g/mol. The molecule has 0 radical (unpaired) electrons. The summed E-state index contributed by atoms with van der Waals surface area (Å²) >= 11 is 1.57. The number of likely N-dealkylation sites (tertiary alicyclic amines) is 1. The van der Waals surface area contributed by atoms with Gasteiger partial charge in [0.1, 0.15) is 12.1 Å². The second-order valence-corrected chi connectivity index (χ2v) is 9.54. The van der Waals surface area contributed by atoms with Gasteiger partial charge in [-0.05, 0) is 30.9 Å². The molecular formula is C23H30N4O5S. The van der Waals surface area contributed by atoms with Gasteiger partial charge in [-0.2, -0.15) is 0 Å². The second kappa shape index (κ2) is 10.3. The molecule has 1 saturated heterocycles. The Morgan fingerprint density at radius 3 is 2.36 bits per heavy atom. The number of aromatic nitrogens is 1. The van der Waals surface area contributed by atoms with E-state index in [0.29, 0.717) is 0 Å². The lowest BCUT2D eigenvalue weighted by Gasteiger charge is -2.30. The highest BCUT2D eigenvalue weighted by Gasteiger charge is 2.42. The number of thiazole rings is 1. The van der Waals surface area contributed by atoms with Crippen molar-refractivity contribution >= 4 is 29.2 Å². The van der Waals surface area contributed by atoms with Gasteiger partial charge >= 0.3 is 6.09 Å². The van der Waals surface area contributed by atoms with Gasteiger partial charge < -0.3 is 25.7 Å². The van der Waals surface area contributed by atoms with E-state index in [2.05, 4.69) is 15.6 Å². The van der Waals surface area contributed by atoms with Crippen molar-refractivity contribution in [3.8, 4) is 10.4 Å². The Balaban J connectivity index is 1.70. The molecule has 1 aliphatic heterocycles. The summed E-state index contributed by atoms with van der Waals surface area (Å²) in [5.41, 5.74) is 4.73. The first-order chi connectivity index (χ1) is 15.6. The van der Waals surface area contributed by atoms with E-state index in [0.717, 1.165) is 21.7 Å². The normalized spacial score (nSPS) is 19.9. The third kappa shape index (κ3) is 5.69. The number of carbonyl (C=O) groups is 3. The standard InChI is InChI=1S/C23H30N4O5S/c1-12(2)19(26-23(31)32)22(30)27-10-17(28)9-18(27)21(29)25-13(3)15-5-7-16(8-6-15)20-14(4)24-11-33-20/h5-8,11-13,17-19,26,28H,9-10H2,1-4H3,(H,25,29)(H,31,32)/t13?,17-,18+,19?/m1/s1. The van der Waals surface area contributed by atoms with Crippen LogP contribution >= 0.6 is 11.3 Å². The zero-order chi connectivity index (χ0) is 24.3. The molecule has 9 nitrogen and oxygen atoms in total. The summed E-state index contributed by atoms with van der Waals surface area (Å²) in [6, 6.07) is 5.67. The number of nitrogens with zero attached hydrogens (tertiary/aromatic N) is 2. The van der Waals surface area contributed by atoms with Crippen LogP contribution in [0.4, 0.5) is 4.79 Å². The Kier molecular flexibility index (Phi) is 7.70. The smallest absolute Gasteiger partial charge is 0.405 e. The molecule has 4 atom stereocenters. The quantitative estimate of drug-likeness (QED) is 0.488. The van der Waals surface area contributed by atoms with E-state index in [-0.39, 0.29) is 30.8 Å². The minimum atomic E-state index is -1.31. The number of hydrogen-bond donors (Lipinski definition) is 4. The maximum absolute atomic E-state index is 13.0. The van der Waals surface area contributed by atoms with Crippen LogP contribution in [0.25, 0.3) is 10.4 Å². The van der Waals surface area contributed by atoms with Gasteiger partial charge in [0.2, 0.25) is 11.8 Å². The topological polar surface area (TPSA) is 132 Å². The van der Waals surface area contributed by atoms with Gasteiger partial charge in [-0.3, -0.25) is 9.59 Å². The monoisotopic (exact) mass is 474 g/mol. The van der Waals surface area contributed by atoms with Crippen molar-refractivity contribution in [2.75, 3.05) is 6.54 Å². The molecule has 0 aliphatic carbocycles. The van der Waals surface area contributed by atoms with Crippen LogP contribution in [-0.4, -0.2) is 62.7 Å². The van der Waals surface area contributed by atoms with Crippen LogP contribution in [0.15, 0.2) is 29.8 Å². The summed E-state index contributed by atoms with van der Waals surface area (Å²) in [6.07, 6.45) is -2.06. The number of rotatable bonds is 7. The summed E-state index contributed by atoms with van der Waals surface area (Å²) in [5, 5.41) is 24.4. The van der Waals surface area contributed by atoms with Gasteiger partial charge in [0.15, 0.2) is 0 Å². The van der Waals surface area contributed by atoms with E-state index in [9.17, 15) is 19.5 Å². The Labute approximate surface area is 196 Å². The number of aliphatic hydroxyl groups is 1. The van der Waals surface area contributed by atoms with E-state index in [1.54, 1.807) is 30.7 Å². The van der Waals surface area contributed by atoms with Crippen LogP contribution in [0.2, 0.25) is 0 Å². The average molecular weight is 475 g/mol. The molecule has 33 heavy (non-hydrogen) atoms. The largest absolute Gasteiger partial charge is 0.465 e. The van der Waals surface area contributed by atoms with Gasteiger partial charge in [-0.15, -0.1) is 11.3 Å². The number of aliphatic hydroxyl groups excluding tert-OH is 1. The molecule has 3 rings (SSSR count). The third-order valence-electron chi connectivity index (χ3n) is 5.85. The lowest BCUT2D eigenvalue weighted by Crippen LogP contribution is -2.55. The van der Waals surface area contributed by atoms with Gasteiger partial charge in [-0.25, -0.2) is 9.78 Å². The molecule has 1 aromatic heterocycles. The van der Waals surface area contributed by atoms with E-state index in [1.165, 1.54) is 4.90 Å². The highest BCUT2D eigenvalue weighted by Crippen LogP contribution is 2.28. The van der Waals surface area contributed by atoms with Crippen molar-refractivity contribution in [1.29, 1.82) is 0 Å². The molecule has 1 fully saturated rings. The van der Waals surface area contributed by atoms with Crippen molar-refractivity contribution in [3.63, 3.8) is 0 Å². The summed E-state index contributed by atoms with van der Waals surface area (Å²) in [7, 11) is 0. The van der Waals surface area contributed by atoms with Crippen molar-refractivity contribution in [3.05, 3.63) is 41.0 Å². The Hall–Kier alpha value is -2.98. The molecule has 1 aliphatic rings. The second-order valence-electron chi connectivity index (χ2n) is 8.69. The number of aryl methyl sites for hydroxylation is 1. The lowest BCUT2D eigenvalue weighted by atomic mass is 10.0. The van der Waals surface area contributed by atoms with Crippen molar-refractivity contribution in [1.82, 2.24) is 20.5 Å². The minimum absolute atomic E-state index is 0.0152. The predicted octanol–water partition coefficient (Wildman–Crippen LogP) is 2.55. The molecule has 0 spiro atoms. The van der Waals surface area contributed by atoms with Crippen LogP contribution in [0, 0.1) is 12.8 Å². The van der Waals surface area contributed by atoms with Crippen molar-refractivity contribution in [2.24, 2.45) is 5.92 Å². The fourth-order valence-corrected chi connectivity index (χ4v) is 4.84. The summed E-state index contributed by atoms with van der Waals surface area (Å²) in [5.74, 6) is -1.21. The molecule has 2 unspecified atom stereocenters. The highest BCUT2D eigenvalue weighted by atomic mass is 32.1. The van der Waals surface area contributed by atoms with Crippen molar-refractivity contribution < 1.29 is 24.6 Å². The Morgan fingerprint density at radius 2 is 1.82 bits per heavy atom. The summed E-state index contributed by atoms with van der Waals surface area (Å²) in [4.78, 5) is 43.8. The first kappa shape index (κ1) is 24.7. The van der Waals surface area contributed by atoms with Gasteiger partial charge in [-0.1, -0.05) is 38.1 Å². The van der Waals surface area contributed by atoms with E-state index in [1.807, 2.05) is 38.1 Å². The van der Waals surface area contributed by atoms with Gasteiger partial charge in [0.05, 0.1) is 28.2 Å². The SMILES string of the molecule is Cc1ncsc1-c1ccc(C(C)NC(=O)[C@@H]2C[C@@H](O)CN2C(=O)C(NC(=O)O)C(C)C)cc1. The van der Waals surface area contributed by atoms with Crippen LogP contribution in [0.1, 0.15) is 44.5 Å². The summed E-state index contributed by atoms with van der Waals surface area (Å²) in [6.45, 7) is 7.24. The fourth-order valence-electron chi connectivity index (χ4n) is 4.03. The zero-order valence-electron chi connectivity index (χ0n) is 19.1. The molecule has 4 N–H and O–H groups in total. The average Bonchev–Trinajstić information content (AvgIpc) is 3.36. The highest BCUT2D eigenvalue weighted by molar-refractivity contribution is 7.13. The molecule has 10 heteroatoms. The number of benzene rings is 1. The maximum atomic E-state index is 13.0. The van der Waals surface area contributed by atoms with Gasteiger partial charge in [0.25, 0.3) is 0 Å². The van der Waals surface area contributed by atoms with E-state index in [4.69, 9.17) is 5.11 Å². The molecule has 2 heterocycles. The molecule has 3 amide bonds. The molecule has 2 aromatic rings. The van der Waals surface area contributed by atoms with E-state index >= 15 is 0 Å². The number of carboxylic acid groups (broad SMARTS) is 1. The lowest BCUT2D eigenvalue weighted by molar-refractivity contribution is -0.141. The summed E-state index contributed by atoms with van der Waals surface area (Å²) < 4.78 is 0. The number of β-amino-alcohol motifs (C(OH)–C–C–N with tert-alkyl or cyclic N) is 1. The number of nitrogens with one attached hydrogen (secondary N) is 2. The van der Waals surface area contributed by atoms with Crippen LogP contribution in [0.5, 0.6) is 0 Å². The number of amides is 3. The predicted molar refractivity (Wildman–Crippen MR) is 125 cm³/mol. The first-order valence-electron chi connectivity index (χ1n) is 10.9. The van der Waals surface area contributed by atoms with E-state index < -0.39 is 30.2 Å². The van der Waals surface area contributed by atoms with Crippen molar-refractivity contribution in [2.45, 2.75) is 58.3 Å². The maximum Gasteiger partial charge on any atom is 0.405 e. The number of carbonyl (C=O) groups excluding carboxylic acids is 2. The zero-order valence-corrected chi connectivity index (χ0v) is 19.9. The Morgan fingerprint density at radius 1 is 1.15 bits per heavy atom. The minimum Gasteiger partial charge on any atom is -0.465 e. The van der Waals surface area contributed by atoms with Crippen LogP contribution in [0.3, 0.4) is 0 Å².